The molecule has 3 aromatic rings. The van der Waals surface area contributed by atoms with Gasteiger partial charge in [-0.25, -0.2) is 0 Å². The van der Waals surface area contributed by atoms with Gasteiger partial charge < -0.3 is 15.0 Å². The van der Waals surface area contributed by atoms with Crippen LogP contribution < -0.4 is 10.1 Å². The summed E-state index contributed by atoms with van der Waals surface area (Å²) in [6, 6.07) is 14.7. The summed E-state index contributed by atoms with van der Waals surface area (Å²) in [5.74, 6) is 0.128. The SMILES string of the molecule is O=C(NCCC(=O)N1CCc2sccc2C1)c1cc([N+](=O)[O-])ccc1Oc1ccccc1. The molecule has 2 aromatic carbocycles. The molecular formula is C23H21N3O5S. The summed E-state index contributed by atoms with van der Waals surface area (Å²) in [6.07, 6.45) is 0.994. The second-order valence-electron chi connectivity index (χ2n) is 7.29. The Balaban J connectivity index is 1.40. The second kappa shape index (κ2) is 9.61. The second-order valence-corrected chi connectivity index (χ2v) is 8.29. The fourth-order valence-electron chi connectivity index (χ4n) is 3.51. The summed E-state index contributed by atoms with van der Waals surface area (Å²) in [4.78, 5) is 39.1. The van der Waals surface area contributed by atoms with E-state index in [4.69, 9.17) is 4.74 Å². The number of nitrogens with one attached hydrogen (secondary N) is 1. The minimum Gasteiger partial charge on any atom is -0.457 e. The van der Waals surface area contributed by atoms with Crippen molar-refractivity contribution in [3.8, 4) is 11.5 Å². The van der Waals surface area contributed by atoms with E-state index in [-0.39, 0.29) is 35.9 Å². The number of nitrogens with zero attached hydrogens (tertiary/aromatic N) is 2. The average molecular weight is 452 g/mol. The molecule has 2 heterocycles. The van der Waals surface area contributed by atoms with Gasteiger partial charge in [0.15, 0.2) is 0 Å². The van der Waals surface area contributed by atoms with Gasteiger partial charge in [0, 0.05) is 43.1 Å². The van der Waals surface area contributed by atoms with Crippen molar-refractivity contribution >= 4 is 28.8 Å². The third-order valence-corrected chi connectivity index (χ3v) is 6.20. The van der Waals surface area contributed by atoms with E-state index >= 15 is 0 Å². The van der Waals surface area contributed by atoms with Gasteiger partial charge in [-0.15, -0.1) is 11.3 Å². The van der Waals surface area contributed by atoms with Crippen LogP contribution in [0.1, 0.15) is 27.2 Å². The molecule has 8 nitrogen and oxygen atoms in total. The van der Waals surface area contributed by atoms with Crippen LogP contribution in [0.3, 0.4) is 0 Å². The molecule has 32 heavy (non-hydrogen) atoms. The zero-order valence-corrected chi connectivity index (χ0v) is 18.0. The topological polar surface area (TPSA) is 102 Å². The van der Waals surface area contributed by atoms with E-state index in [9.17, 15) is 19.7 Å². The van der Waals surface area contributed by atoms with E-state index in [2.05, 4.69) is 5.32 Å². The number of hydrogen-bond donors (Lipinski definition) is 1. The van der Waals surface area contributed by atoms with Crippen LogP contribution in [-0.2, 0) is 17.8 Å². The van der Waals surface area contributed by atoms with Crippen LogP contribution in [0.2, 0.25) is 0 Å². The zero-order chi connectivity index (χ0) is 22.5. The van der Waals surface area contributed by atoms with E-state index < -0.39 is 10.8 Å². The number of thiophene rings is 1. The normalized spacial score (nSPS) is 12.7. The standard InChI is InChI=1S/C23H21N3O5S/c27-22(25-12-9-21-16(15-25)10-13-32-21)8-11-24-23(28)19-14-17(26(29)30)6-7-20(19)31-18-4-2-1-3-5-18/h1-7,10,13-14H,8-9,11-12,15H2,(H,24,28). The predicted octanol–water partition coefficient (Wildman–Crippen LogP) is 4.15. The Labute approximate surface area is 188 Å². The highest BCUT2D eigenvalue weighted by molar-refractivity contribution is 7.10. The number of fused-ring (bicyclic) bond motifs is 1. The molecule has 0 atom stereocenters. The summed E-state index contributed by atoms with van der Waals surface area (Å²) in [7, 11) is 0. The third-order valence-electron chi connectivity index (χ3n) is 5.17. The molecular weight excluding hydrogens is 430 g/mol. The number of carbonyl (C=O) groups is 2. The van der Waals surface area contributed by atoms with Crippen molar-refractivity contribution in [1.82, 2.24) is 10.2 Å². The van der Waals surface area contributed by atoms with E-state index in [0.29, 0.717) is 18.8 Å². The van der Waals surface area contributed by atoms with Crippen molar-refractivity contribution < 1.29 is 19.2 Å². The highest BCUT2D eigenvalue weighted by Gasteiger charge is 2.22. The van der Waals surface area contributed by atoms with Crippen LogP contribution in [0, 0.1) is 10.1 Å². The Morgan fingerprint density at radius 3 is 2.75 bits per heavy atom. The fraction of sp³-hybridized carbons (Fsp3) is 0.217. The predicted molar refractivity (Wildman–Crippen MR) is 120 cm³/mol. The highest BCUT2D eigenvalue weighted by atomic mass is 32.1. The van der Waals surface area contributed by atoms with Gasteiger partial charge in [-0.1, -0.05) is 18.2 Å². The average Bonchev–Trinajstić information content (AvgIpc) is 3.27. The quantitative estimate of drug-likeness (QED) is 0.429. The van der Waals surface area contributed by atoms with Crippen molar-refractivity contribution in [2.24, 2.45) is 0 Å². The number of nitro benzene ring substituents is 1. The Hall–Kier alpha value is -3.72. The Bertz CT molecular complexity index is 1150. The van der Waals surface area contributed by atoms with Gasteiger partial charge in [0.05, 0.1) is 10.5 Å². The summed E-state index contributed by atoms with van der Waals surface area (Å²) in [5.41, 5.74) is 1.00. The Kier molecular flexibility index (Phi) is 6.46. The fourth-order valence-corrected chi connectivity index (χ4v) is 4.40. The lowest BCUT2D eigenvalue weighted by molar-refractivity contribution is -0.384. The van der Waals surface area contributed by atoms with Gasteiger partial charge in [-0.2, -0.15) is 0 Å². The van der Waals surface area contributed by atoms with Crippen molar-refractivity contribution in [2.45, 2.75) is 19.4 Å². The molecule has 9 heteroatoms. The monoisotopic (exact) mass is 451 g/mol. The molecule has 0 saturated heterocycles. The molecule has 4 rings (SSSR count). The zero-order valence-electron chi connectivity index (χ0n) is 17.2. The van der Waals surface area contributed by atoms with Crippen molar-refractivity contribution in [2.75, 3.05) is 13.1 Å². The van der Waals surface area contributed by atoms with E-state index in [1.54, 1.807) is 40.5 Å². The largest absolute Gasteiger partial charge is 0.457 e. The molecule has 0 bridgehead atoms. The first-order chi connectivity index (χ1) is 15.5. The summed E-state index contributed by atoms with van der Waals surface area (Å²) >= 11 is 1.71. The molecule has 1 aromatic heterocycles. The minimum absolute atomic E-state index is 0.0383. The van der Waals surface area contributed by atoms with Crippen LogP contribution in [0.25, 0.3) is 0 Å². The molecule has 0 saturated carbocycles. The first-order valence-corrected chi connectivity index (χ1v) is 11.0. The molecule has 0 spiro atoms. The number of ether oxygens (including phenoxy) is 1. The van der Waals surface area contributed by atoms with Crippen molar-refractivity contribution in [3.63, 3.8) is 0 Å². The van der Waals surface area contributed by atoms with Gasteiger partial charge in [0.1, 0.15) is 11.5 Å². The molecule has 0 radical (unpaired) electrons. The number of benzene rings is 2. The molecule has 2 amide bonds. The third kappa shape index (κ3) is 4.94. The van der Waals surface area contributed by atoms with Gasteiger partial charge in [0.2, 0.25) is 5.91 Å². The Morgan fingerprint density at radius 2 is 1.97 bits per heavy atom. The maximum atomic E-state index is 12.8. The number of non-ortho nitro benzene ring substituents is 1. The van der Waals surface area contributed by atoms with E-state index in [0.717, 1.165) is 6.42 Å². The van der Waals surface area contributed by atoms with Crippen LogP contribution in [0.5, 0.6) is 11.5 Å². The number of rotatable bonds is 7. The van der Waals surface area contributed by atoms with Gasteiger partial charge in [-0.3, -0.25) is 19.7 Å². The van der Waals surface area contributed by atoms with E-state index in [1.807, 2.05) is 17.5 Å². The number of carbonyl (C=O) groups excluding carboxylic acids is 2. The maximum Gasteiger partial charge on any atom is 0.270 e. The van der Waals surface area contributed by atoms with Gasteiger partial charge >= 0.3 is 0 Å². The molecule has 0 unspecified atom stereocenters. The molecule has 164 valence electrons. The van der Waals surface area contributed by atoms with Gasteiger partial charge in [-0.05, 0) is 41.6 Å². The summed E-state index contributed by atoms with van der Waals surface area (Å²) in [5, 5.41) is 15.9. The lowest BCUT2D eigenvalue weighted by Crippen LogP contribution is -2.37. The molecule has 1 aliphatic rings. The number of hydrogen-bond acceptors (Lipinski definition) is 6. The highest BCUT2D eigenvalue weighted by Crippen LogP contribution is 2.29. The maximum absolute atomic E-state index is 12.8. The van der Waals surface area contributed by atoms with Crippen LogP contribution in [0.15, 0.2) is 60.0 Å². The Morgan fingerprint density at radius 1 is 1.16 bits per heavy atom. The van der Waals surface area contributed by atoms with Crippen molar-refractivity contribution in [3.05, 3.63) is 86.1 Å². The molecule has 1 N–H and O–H groups in total. The van der Waals surface area contributed by atoms with Crippen molar-refractivity contribution in [1.29, 1.82) is 0 Å². The molecule has 1 aliphatic heterocycles. The van der Waals surface area contributed by atoms with Gasteiger partial charge in [0.25, 0.3) is 11.6 Å². The smallest absolute Gasteiger partial charge is 0.270 e. The minimum atomic E-state index is -0.568. The molecule has 0 fully saturated rings. The van der Waals surface area contributed by atoms with Crippen LogP contribution in [-0.4, -0.2) is 34.7 Å². The summed E-state index contributed by atoms with van der Waals surface area (Å²) in [6.45, 7) is 1.38. The van der Waals surface area contributed by atoms with Crippen LogP contribution >= 0.6 is 11.3 Å². The summed E-state index contributed by atoms with van der Waals surface area (Å²) < 4.78 is 5.76. The number of nitro groups is 1. The lowest BCUT2D eigenvalue weighted by atomic mass is 10.1. The number of amides is 2. The van der Waals surface area contributed by atoms with E-state index in [1.165, 1.54) is 28.6 Å². The van der Waals surface area contributed by atoms with Crippen LogP contribution in [0.4, 0.5) is 5.69 Å². The first kappa shape index (κ1) is 21.5. The first-order valence-electron chi connectivity index (χ1n) is 10.1. The lowest BCUT2D eigenvalue weighted by Gasteiger charge is -2.27. The number of para-hydroxylation sites is 1. The molecule has 0 aliphatic carbocycles.